The highest BCUT2D eigenvalue weighted by Gasteiger charge is 2.09. The molecule has 0 aliphatic rings. The molecule has 94 valence electrons. The van der Waals surface area contributed by atoms with Crippen LogP contribution in [-0.2, 0) is 6.54 Å². The number of nitrogens with two attached hydrogens (primary N) is 1. The zero-order valence-electron chi connectivity index (χ0n) is 9.74. The number of nitrogen functional groups attached to an aromatic ring is 1. The van der Waals surface area contributed by atoms with Crippen molar-refractivity contribution < 1.29 is 9.18 Å². The third kappa shape index (κ3) is 2.65. The lowest BCUT2D eigenvalue weighted by Gasteiger charge is -2.05. The van der Waals surface area contributed by atoms with Crippen LogP contribution < -0.4 is 11.1 Å². The molecular weight excluding hydrogens is 253 g/mol. The van der Waals surface area contributed by atoms with Gasteiger partial charge in [0.2, 0.25) is 0 Å². The number of hydrogen-bond donors (Lipinski definition) is 2. The molecule has 18 heavy (non-hydrogen) atoms. The number of benzene rings is 1. The second kappa shape index (κ2) is 5.14. The molecule has 0 aliphatic heterocycles. The first-order valence-electron chi connectivity index (χ1n) is 5.30. The molecule has 2 rings (SSSR count). The van der Waals surface area contributed by atoms with E-state index in [1.165, 1.54) is 23.5 Å². The summed E-state index contributed by atoms with van der Waals surface area (Å²) in [4.78, 5) is 16.8. The maximum Gasteiger partial charge on any atom is 0.251 e. The first-order chi connectivity index (χ1) is 8.58. The molecule has 0 bridgehead atoms. The predicted molar refractivity (Wildman–Crippen MR) is 68.8 cm³/mol. The van der Waals surface area contributed by atoms with Gasteiger partial charge in [-0.25, -0.2) is 9.37 Å². The molecule has 0 spiro atoms. The number of anilines is 1. The average Bonchev–Trinajstić information content (AvgIpc) is 2.75. The minimum atomic E-state index is -0.586. The fourth-order valence-electron chi connectivity index (χ4n) is 1.43. The zero-order valence-corrected chi connectivity index (χ0v) is 10.6. The lowest BCUT2D eigenvalue weighted by Crippen LogP contribution is -2.22. The lowest BCUT2D eigenvalue weighted by atomic mass is 10.2. The van der Waals surface area contributed by atoms with Crippen LogP contribution in [0.3, 0.4) is 0 Å². The Labute approximate surface area is 108 Å². The SMILES string of the molecule is Cc1ncsc1CNC(=O)c1ccc(N)c(F)c1. The van der Waals surface area contributed by atoms with E-state index < -0.39 is 5.82 Å². The number of nitrogens with zero attached hydrogens (tertiary/aromatic N) is 1. The monoisotopic (exact) mass is 265 g/mol. The van der Waals surface area contributed by atoms with Crippen LogP contribution >= 0.6 is 11.3 Å². The van der Waals surface area contributed by atoms with E-state index in [4.69, 9.17) is 5.73 Å². The smallest absolute Gasteiger partial charge is 0.251 e. The van der Waals surface area contributed by atoms with Crippen molar-refractivity contribution in [1.29, 1.82) is 0 Å². The maximum absolute atomic E-state index is 13.2. The number of aryl methyl sites for hydroxylation is 1. The normalized spacial score (nSPS) is 10.3. The fourth-order valence-corrected chi connectivity index (χ4v) is 2.14. The Balaban J connectivity index is 2.04. The third-order valence-electron chi connectivity index (χ3n) is 2.52. The summed E-state index contributed by atoms with van der Waals surface area (Å²) in [7, 11) is 0. The van der Waals surface area contributed by atoms with E-state index in [1.54, 1.807) is 5.51 Å². The summed E-state index contributed by atoms with van der Waals surface area (Å²) in [6.45, 7) is 2.27. The van der Waals surface area contributed by atoms with Gasteiger partial charge < -0.3 is 11.1 Å². The zero-order chi connectivity index (χ0) is 13.1. The highest BCUT2D eigenvalue weighted by atomic mass is 32.1. The molecule has 0 radical (unpaired) electrons. The van der Waals surface area contributed by atoms with E-state index in [9.17, 15) is 9.18 Å². The first kappa shape index (κ1) is 12.5. The van der Waals surface area contributed by atoms with E-state index in [0.717, 1.165) is 16.6 Å². The van der Waals surface area contributed by atoms with Crippen LogP contribution in [0.1, 0.15) is 20.9 Å². The van der Waals surface area contributed by atoms with E-state index in [-0.39, 0.29) is 17.2 Å². The van der Waals surface area contributed by atoms with Crippen molar-refractivity contribution >= 4 is 22.9 Å². The van der Waals surface area contributed by atoms with Crippen LogP contribution in [0, 0.1) is 12.7 Å². The number of nitrogens with one attached hydrogen (secondary N) is 1. The minimum absolute atomic E-state index is 0.0323. The average molecular weight is 265 g/mol. The largest absolute Gasteiger partial charge is 0.396 e. The molecule has 1 heterocycles. The van der Waals surface area contributed by atoms with Crippen molar-refractivity contribution in [1.82, 2.24) is 10.3 Å². The van der Waals surface area contributed by atoms with E-state index in [0.29, 0.717) is 6.54 Å². The van der Waals surface area contributed by atoms with Gasteiger partial charge in [-0.2, -0.15) is 0 Å². The maximum atomic E-state index is 13.2. The highest BCUT2D eigenvalue weighted by Crippen LogP contribution is 2.14. The Kier molecular flexibility index (Phi) is 3.57. The van der Waals surface area contributed by atoms with Gasteiger partial charge in [-0.05, 0) is 25.1 Å². The van der Waals surface area contributed by atoms with Crippen molar-refractivity contribution in [3.8, 4) is 0 Å². The summed E-state index contributed by atoms with van der Waals surface area (Å²) < 4.78 is 13.2. The van der Waals surface area contributed by atoms with Gasteiger partial charge in [0.15, 0.2) is 0 Å². The summed E-state index contributed by atoms with van der Waals surface area (Å²) >= 11 is 1.47. The molecule has 2 aromatic rings. The number of hydrogen-bond acceptors (Lipinski definition) is 4. The van der Waals surface area contributed by atoms with Gasteiger partial charge >= 0.3 is 0 Å². The number of aromatic nitrogens is 1. The summed E-state index contributed by atoms with van der Waals surface area (Å²) in [5, 5.41) is 2.71. The van der Waals surface area contributed by atoms with Crippen LogP contribution in [0.15, 0.2) is 23.7 Å². The Bertz CT molecular complexity index is 582. The van der Waals surface area contributed by atoms with Crippen molar-refractivity contribution in [3.63, 3.8) is 0 Å². The Hall–Kier alpha value is -1.95. The molecule has 0 aliphatic carbocycles. The molecule has 0 fully saturated rings. The minimum Gasteiger partial charge on any atom is -0.396 e. The number of amides is 1. The van der Waals surface area contributed by atoms with Crippen molar-refractivity contribution in [2.75, 3.05) is 5.73 Å². The fraction of sp³-hybridized carbons (Fsp3) is 0.167. The Morgan fingerprint density at radius 1 is 1.56 bits per heavy atom. The van der Waals surface area contributed by atoms with E-state index >= 15 is 0 Å². The standard InChI is InChI=1S/C12H12FN3OS/c1-7-11(18-6-16-7)5-15-12(17)8-2-3-10(14)9(13)4-8/h2-4,6H,5,14H2,1H3,(H,15,17). The number of thiazole rings is 1. The topological polar surface area (TPSA) is 68.0 Å². The molecule has 0 saturated heterocycles. The van der Waals surface area contributed by atoms with Gasteiger partial charge in [0.25, 0.3) is 5.91 Å². The van der Waals surface area contributed by atoms with E-state index in [2.05, 4.69) is 10.3 Å². The second-order valence-electron chi connectivity index (χ2n) is 3.78. The molecule has 1 aromatic heterocycles. The van der Waals surface area contributed by atoms with Gasteiger partial charge in [-0.1, -0.05) is 0 Å². The highest BCUT2D eigenvalue weighted by molar-refractivity contribution is 7.09. The van der Waals surface area contributed by atoms with Crippen molar-refractivity contribution in [2.45, 2.75) is 13.5 Å². The van der Waals surface area contributed by atoms with Gasteiger partial charge in [0.1, 0.15) is 5.82 Å². The molecule has 4 nitrogen and oxygen atoms in total. The molecule has 0 unspecified atom stereocenters. The number of carbonyl (C=O) groups is 1. The van der Waals surface area contributed by atoms with Gasteiger partial charge in [0.05, 0.1) is 23.4 Å². The van der Waals surface area contributed by atoms with Gasteiger partial charge in [-0.3, -0.25) is 4.79 Å². The Morgan fingerprint density at radius 2 is 2.33 bits per heavy atom. The van der Waals surface area contributed by atoms with Crippen molar-refractivity contribution in [3.05, 3.63) is 45.7 Å². The van der Waals surface area contributed by atoms with Crippen molar-refractivity contribution in [2.24, 2.45) is 0 Å². The molecule has 0 atom stereocenters. The summed E-state index contributed by atoms with van der Waals surface area (Å²) in [6.07, 6.45) is 0. The van der Waals surface area contributed by atoms with Crippen LogP contribution in [0.5, 0.6) is 0 Å². The molecule has 1 aromatic carbocycles. The first-order valence-corrected chi connectivity index (χ1v) is 6.18. The second-order valence-corrected chi connectivity index (χ2v) is 4.72. The van der Waals surface area contributed by atoms with Crippen LogP contribution in [-0.4, -0.2) is 10.9 Å². The molecular formula is C12H12FN3OS. The summed E-state index contributed by atoms with van der Waals surface area (Å²) in [6, 6.07) is 4.00. The predicted octanol–water partition coefficient (Wildman–Crippen LogP) is 2.10. The molecule has 6 heteroatoms. The van der Waals surface area contributed by atoms with E-state index in [1.807, 2.05) is 6.92 Å². The number of halogens is 1. The number of carbonyl (C=O) groups excluding carboxylic acids is 1. The van der Waals surface area contributed by atoms with Crippen LogP contribution in [0.2, 0.25) is 0 Å². The third-order valence-corrected chi connectivity index (χ3v) is 3.45. The lowest BCUT2D eigenvalue weighted by molar-refractivity contribution is 0.0951. The van der Waals surface area contributed by atoms with Crippen LogP contribution in [0.4, 0.5) is 10.1 Å². The summed E-state index contributed by atoms with van der Waals surface area (Å²) in [5.74, 6) is -0.918. The molecule has 0 saturated carbocycles. The molecule has 3 N–H and O–H groups in total. The Morgan fingerprint density at radius 3 is 2.94 bits per heavy atom. The quantitative estimate of drug-likeness (QED) is 0.835. The van der Waals surface area contributed by atoms with Gasteiger partial charge in [0, 0.05) is 10.4 Å². The molecule has 1 amide bonds. The van der Waals surface area contributed by atoms with Crippen LogP contribution in [0.25, 0.3) is 0 Å². The van der Waals surface area contributed by atoms with Gasteiger partial charge in [-0.15, -0.1) is 11.3 Å². The number of rotatable bonds is 3. The summed E-state index contributed by atoms with van der Waals surface area (Å²) in [5.41, 5.74) is 8.25.